The van der Waals surface area contributed by atoms with E-state index in [-0.39, 0.29) is 80.9 Å². The van der Waals surface area contributed by atoms with E-state index in [1.807, 2.05) is 6.92 Å². The fraction of sp³-hybridized carbons (Fsp3) is 0.333. The molecule has 2 aromatic heterocycles. The third-order valence-corrected chi connectivity index (χ3v) is 11.8. The van der Waals surface area contributed by atoms with Crippen LogP contribution < -0.4 is 0 Å². The number of carbonyl (C=O) groups excluding carboxylic acids is 1. The minimum Gasteiger partial charge on any atom is -0.478 e. The van der Waals surface area contributed by atoms with Gasteiger partial charge in [0.15, 0.2) is 0 Å². The van der Waals surface area contributed by atoms with Crippen LogP contribution in [0.1, 0.15) is 98.5 Å². The van der Waals surface area contributed by atoms with Gasteiger partial charge in [-0.05, 0) is 126 Å². The van der Waals surface area contributed by atoms with Crippen LogP contribution >= 0.6 is 0 Å². The van der Waals surface area contributed by atoms with Crippen molar-refractivity contribution in [3.8, 4) is 0 Å². The first kappa shape index (κ1) is 48.7. The number of carboxylic acid groups (broad SMARTS) is 1. The molecule has 4 aromatic carbocycles. The molecular formula is C51H48F8N2O6. The van der Waals surface area contributed by atoms with E-state index in [1.54, 1.807) is 28.9 Å². The predicted molar refractivity (Wildman–Crippen MR) is 237 cm³/mol. The van der Waals surface area contributed by atoms with E-state index in [0.717, 1.165) is 42.5 Å². The van der Waals surface area contributed by atoms with E-state index in [2.05, 4.69) is 4.74 Å². The number of benzene rings is 4. The Hall–Kier alpha value is -6.26. The van der Waals surface area contributed by atoms with Crippen LogP contribution in [0.4, 0.5) is 35.1 Å². The summed E-state index contributed by atoms with van der Waals surface area (Å²) in [5, 5.41) is 9.31. The Morgan fingerprint density at radius 3 is 1.37 bits per heavy atom. The van der Waals surface area contributed by atoms with Crippen LogP contribution in [0.3, 0.4) is 0 Å². The van der Waals surface area contributed by atoms with Crippen molar-refractivity contribution in [2.24, 2.45) is 0 Å². The fourth-order valence-corrected chi connectivity index (χ4v) is 9.13. The van der Waals surface area contributed by atoms with Crippen LogP contribution in [0, 0.1) is 34.9 Å². The molecule has 4 atom stereocenters. The fourth-order valence-electron chi connectivity index (χ4n) is 9.13. The summed E-state index contributed by atoms with van der Waals surface area (Å²) in [7, 11) is 1.19. The number of ether oxygens (including phenoxy) is 1. The van der Waals surface area contributed by atoms with E-state index in [0.29, 0.717) is 24.0 Å². The zero-order valence-electron chi connectivity index (χ0n) is 37.6. The number of carbonyl (C=O) groups is 2. The van der Waals surface area contributed by atoms with Crippen molar-refractivity contribution in [2.45, 2.75) is 89.9 Å². The highest BCUT2D eigenvalue weighted by molar-refractivity contribution is 5.87. The number of nitrogens with zero attached hydrogens (tertiary/aromatic N) is 2. The summed E-state index contributed by atoms with van der Waals surface area (Å²) in [5.74, 6) is -6.21. The minimum absolute atomic E-state index is 0.0215. The van der Waals surface area contributed by atoms with Gasteiger partial charge in [0.05, 0.1) is 17.9 Å². The van der Waals surface area contributed by atoms with E-state index in [9.17, 15) is 27.2 Å². The lowest BCUT2D eigenvalue weighted by atomic mass is 9.87. The standard InChI is InChI=1S/C26H25F4NO3.C25H23F4NO3/c1-14-10-16-22-17(27)6-5-7-20(22)34-25(16)24(31(14)13-26(2,3)30)23-18(28)11-15(12-19(23)29)8-9-21(32)33-4;1-13-9-15-21-16(26)5-4-6-19(21)33-24(15)23(30(13)12-25(2,3)29)22-17(27)10-14(11-18(22)28)7-8-20(31)32/h5-9,11-12,14,24H,10,13H2,1-4H3;4-8,10-11,13,23H,9,12H2,1-3H3,(H,31,32)/b9-8+;8-7+/t14-,24-;13-,23-/m10/s1. The lowest BCUT2D eigenvalue weighted by molar-refractivity contribution is -0.135. The summed E-state index contributed by atoms with van der Waals surface area (Å²) in [6.45, 7) is 8.86. The highest BCUT2D eigenvalue weighted by Gasteiger charge is 2.44. The molecular weight excluding hydrogens is 889 g/mol. The van der Waals surface area contributed by atoms with Gasteiger partial charge in [0.2, 0.25) is 0 Å². The van der Waals surface area contributed by atoms with Gasteiger partial charge in [-0.2, -0.15) is 0 Å². The molecule has 16 heteroatoms. The first-order valence-corrected chi connectivity index (χ1v) is 21.4. The molecule has 8 rings (SSSR count). The molecule has 0 saturated carbocycles. The van der Waals surface area contributed by atoms with Gasteiger partial charge in [-0.25, -0.2) is 44.7 Å². The largest absolute Gasteiger partial charge is 0.478 e. The third kappa shape index (κ3) is 10.2. The molecule has 0 saturated heterocycles. The van der Waals surface area contributed by atoms with Crippen LogP contribution in [-0.4, -0.2) is 70.5 Å². The van der Waals surface area contributed by atoms with Crippen molar-refractivity contribution in [2.75, 3.05) is 20.2 Å². The van der Waals surface area contributed by atoms with E-state index in [4.69, 9.17) is 13.9 Å². The Bertz CT molecular complexity index is 2880. The highest BCUT2D eigenvalue weighted by Crippen LogP contribution is 2.47. The number of hydrogen-bond donors (Lipinski definition) is 1. The quantitative estimate of drug-likeness (QED) is 0.0824. The molecule has 0 spiro atoms. The van der Waals surface area contributed by atoms with Crippen LogP contribution in [0.5, 0.6) is 0 Å². The second-order valence-electron chi connectivity index (χ2n) is 18.1. The van der Waals surface area contributed by atoms with Crippen molar-refractivity contribution < 1.29 is 63.4 Å². The van der Waals surface area contributed by atoms with Crippen molar-refractivity contribution in [1.29, 1.82) is 0 Å². The van der Waals surface area contributed by atoms with Gasteiger partial charge < -0.3 is 18.7 Å². The summed E-state index contributed by atoms with van der Waals surface area (Å²) >= 11 is 0. The number of methoxy groups -OCH3 is 1. The monoisotopic (exact) mass is 936 g/mol. The van der Waals surface area contributed by atoms with Crippen molar-refractivity contribution >= 4 is 46.0 Å². The second kappa shape index (κ2) is 18.8. The molecule has 354 valence electrons. The van der Waals surface area contributed by atoms with E-state index in [1.165, 1.54) is 65.1 Å². The van der Waals surface area contributed by atoms with Crippen molar-refractivity contribution in [1.82, 2.24) is 9.80 Å². The number of carboxylic acids is 1. The first-order chi connectivity index (χ1) is 31.5. The maximum atomic E-state index is 15.4. The number of fused-ring (bicyclic) bond motifs is 6. The van der Waals surface area contributed by atoms with Crippen LogP contribution in [0.2, 0.25) is 0 Å². The Morgan fingerprint density at radius 1 is 0.657 bits per heavy atom. The normalized spacial score (nSPS) is 19.2. The van der Waals surface area contributed by atoms with Crippen molar-refractivity contribution in [3.63, 3.8) is 0 Å². The summed E-state index contributed by atoms with van der Waals surface area (Å²) in [6.07, 6.45) is 4.78. The molecule has 6 aromatic rings. The highest BCUT2D eigenvalue weighted by atomic mass is 19.2. The first-order valence-electron chi connectivity index (χ1n) is 21.4. The second-order valence-corrected chi connectivity index (χ2v) is 18.1. The molecule has 8 nitrogen and oxygen atoms in total. The van der Waals surface area contributed by atoms with Gasteiger partial charge in [0.1, 0.15) is 81.0 Å². The Labute approximate surface area is 381 Å². The van der Waals surface area contributed by atoms with Crippen LogP contribution in [-0.2, 0) is 27.2 Å². The Morgan fingerprint density at radius 2 is 1.03 bits per heavy atom. The predicted octanol–water partition coefficient (Wildman–Crippen LogP) is 12.2. The molecule has 0 bridgehead atoms. The van der Waals surface area contributed by atoms with Gasteiger partial charge in [-0.15, -0.1) is 0 Å². The van der Waals surface area contributed by atoms with E-state index < -0.39 is 70.3 Å². The average Bonchev–Trinajstić information content (AvgIpc) is 3.79. The smallest absolute Gasteiger partial charge is 0.330 e. The molecule has 1 N–H and O–H groups in total. The number of halogens is 8. The zero-order valence-corrected chi connectivity index (χ0v) is 37.6. The minimum atomic E-state index is -1.68. The molecule has 0 radical (unpaired) electrons. The zero-order chi connectivity index (χ0) is 48.9. The van der Waals surface area contributed by atoms with Gasteiger partial charge in [-0.1, -0.05) is 12.1 Å². The molecule has 0 aliphatic carbocycles. The summed E-state index contributed by atoms with van der Waals surface area (Å²) in [5.41, 5.74) is -2.37. The maximum Gasteiger partial charge on any atom is 0.330 e. The van der Waals surface area contributed by atoms with Gasteiger partial charge >= 0.3 is 11.9 Å². The summed E-state index contributed by atoms with van der Waals surface area (Å²) in [4.78, 5) is 25.4. The summed E-state index contributed by atoms with van der Waals surface area (Å²) < 4.78 is 137. The number of aliphatic carboxylic acids is 1. The number of rotatable bonds is 10. The topological polar surface area (TPSA) is 96.4 Å². The molecule has 2 aliphatic heterocycles. The summed E-state index contributed by atoms with van der Waals surface area (Å²) in [6, 6.07) is 9.96. The molecule has 0 fully saturated rings. The lowest BCUT2D eigenvalue weighted by Gasteiger charge is -2.42. The number of furan rings is 2. The van der Waals surface area contributed by atoms with E-state index >= 15 is 17.6 Å². The Kier molecular flexibility index (Phi) is 13.6. The SMILES string of the molecule is COC(=O)/C=C/c1cc(F)c([C@@H]2c3oc4cccc(F)c4c3C[C@@H](C)N2CC(C)(C)F)c(F)c1.C[C@H]1Cc2c(oc3cccc(F)c23)[C@H](c2c(F)cc(/C=C/C(=O)O)cc2F)N1CC(C)(C)F. The third-order valence-electron chi connectivity index (χ3n) is 11.8. The molecule has 0 unspecified atom stereocenters. The number of alkyl halides is 2. The lowest BCUT2D eigenvalue weighted by Crippen LogP contribution is -2.48. The van der Waals surface area contributed by atoms with Crippen LogP contribution in [0.25, 0.3) is 34.1 Å². The van der Waals surface area contributed by atoms with Gasteiger partial charge in [0, 0.05) is 59.6 Å². The van der Waals surface area contributed by atoms with Gasteiger partial charge in [-0.3, -0.25) is 9.80 Å². The number of hydrogen-bond acceptors (Lipinski definition) is 7. The van der Waals surface area contributed by atoms with Gasteiger partial charge in [0.25, 0.3) is 0 Å². The van der Waals surface area contributed by atoms with Crippen molar-refractivity contribution in [3.05, 3.63) is 153 Å². The maximum absolute atomic E-state index is 15.4. The average molecular weight is 937 g/mol. The molecule has 0 amide bonds. The number of esters is 1. The molecule has 67 heavy (non-hydrogen) atoms. The Balaban J connectivity index is 0.000000199. The molecule has 2 aliphatic rings. The van der Waals surface area contributed by atoms with Crippen LogP contribution in [0.15, 0.2) is 81.7 Å². The molecule has 4 heterocycles.